The third-order valence-corrected chi connectivity index (χ3v) is 2.83. The fourth-order valence-electron chi connectivity index (χ4n) is 1.32. The van der Waals surface area contributed by atoms with Gasteiger partial charge in [-0.3, -0.25) is 4.79 Å². The van der Waals surface area contributed by atoms with Crippen LogP contribution in [0.1, 0.15) is 16.2 Å². The van der Waals surface area contributed by atoms with Crippen molar-refractivity contribution >= 4 is 21.8 Å². The molecule has 0 spiro atoms. The molecule has 88 valence electrons. The lowest BCUT2D eigenvalue weighted by molar-refractivity contribution is 0.0953. The van der Waals surface area contributed by atoms with Crippen molar-refractivity contribution in [2.45, 2.75) is 6.42 Å². The van der Waals surface area contributed by atoms with E-state index < -0.39 is 0 Å². The van der Waals surface area contributed by atoms with Crippen molar-refractivity contribution in [3.05, 3.63) is 40.1 Å². The zero-order chi connectivity index (χ0) is 12.1. The topological polar surface area (TPSA) is 83.6 Å². The first-order chi connectivity index (χ1) is 8.27. The van der Waals surface area contributed by atoms with Crippen LogP contribution in [0.4, 0.5) is 0 Å². The molecule has 0 aliphatic carbocycles. The summed E-state index contributed by atoms with van der Waals surface area (Å²) in [7, 11) is 0. The summed E-state index contributed by atoms with van der Waals surface area (Å²) in [6.07, 6.45) is 0.548. The standard InChI is InChI=1S/C10H10BrN5O/c11-8-4-2-1-3-7(8)10(17)12-6-5-9-13-15-16-14-9/h1-4H,5-6H2,(H,12,17)(H,13,14,15,16). The Kier molecular flexibility index (Phi) is 3.81. The first kappa shape index (κ1) is 11.7. The quantitative estimate of drug-likeness (QED) is 0.879. The third kappa shape index (κ3) is 3.10. The van der Waals surface area contributed by atoms with E-state index in [9.17, 15) is 4.79 Å². The highest BCUT2D eigenvalue weighted by Crippen LogP contribution is 2.15. The lowest BCUT2D eigenvalue weighted by atomic mass is 10.2. The van der Waals surface area contributed by atoms with Crippen LogP contribution in [0.3, 0.4) is 0 Å². The second kappa shape index (κ2) is 5.53. The average Bonchev–Trinajstić information content (AvgIpc) is 2.82. The van der Waals surface area contributed by atoms with Crippen LogP contribution in [0.15, 0.2) is 28.7 Å². The molecule has 17 heavy (non-hydrogen) atoms. The number of nitrogens with one attached hydrogen (secondary N) is 2. The minimum absolute atomic E-state index is 0.124. The Morgan fingerprint density at radius 1 is 1.41 bits per heavy atom. The van der Waals surface area contributed by atoms with Gasteiger partial charge in [0.05, 0.1) is 5.56 Å². The van der Waals surface area contributed by atoms with Crippen LogP contribution in [0.25, 0.3) is 0 Å². The predicted molar refractivity (Wildman–Crippen MR) is 64.4 cm³/mol. The molecular formula is C10H10BrN5O. The van der Waals surface area contributed by atoms with Crippen LogP contribution in [0.5, 0.6) is 0 Å². The van der Waals surface area contributed by atoms with Crippen molar-refractivity contribution in [1.29, 1.82) is 0 Å². The van der Waals surface area contributed by atoms with Gasteiger partial charge in [-0.1, -0.05) is 17.3 Å². The Hall–Kier alpha value is -1.76. The van der Waals surface area contributed by atoms with Gasteiger partial charge >= 0.3 is 0 Å². The van der Waals surface area contributed by atoms with E-state index in [2.05, 4.69) is 41.9 Å². The first-order valence-electron chi connectivity index (χ1n) is 5.02. The van der Waals surface area contributed by atoms with Crippen LogP contribution < -0.4 is 5.32 Å². The molecule has 1 amide bonds. The maximum Gasteiger partial charge on any atom is 0.252 e. The van der Waals surface area contributed by atoms with Crippen LogP contribution in [-0.4, -0.2) is 33.1 Å². The molecule has 6 nitrogen and oxygen atoms in total. The van der Waals surface area contributed by atoms with E-state index in [1.54, 1.807) is 6.07 Å². The second-order valence-corrected chi connectivity index (χ2v) is 4.17. The number of halogens is 1. The molecule has 1 aromatic carbocycles. The highest BCUT2D eigenvalue weighted by atomic mass is 79.9. The molecule has 0 radical (unpaired) electrons. The molecule has 2 aromatic rings. The first-order valence-corrected chi connectivity index (χ1v) is 5.81. The smallest absolute Gasteiger partial charge is 0.252 e. The molecule has 2 rings (SSSR count). The Bertz CT molecular complexity index is 499. The third-order valence-electron chi connectivity index (χ3n) is 2.14. The Balaban J connectivity index is 1.88. The normalized spacial score (nSPS) is 10.2. The Labute approximate surface area is 106 Å². The average molecular weight is 296 g/mol. The number of benzene rings is 1. The summed E-state index contributed by atoms with van der Waals surface area (Å²) in [5.41, 5.74) is 0.612. The molecule has 7 heteroatoms. The van der Waals surface area contributed by atoms with E-state index >= 15 is 0 Å². The molecule has 0 unspecified atom stereocenters. The minimum atomic E-state index is -0.124. The van der Waals surface area contributed by atoms with Crippen LogP contribution in [0, 0.1) is 0 Å². The highest BCUT2D eigenvalue weighted by molar-refractivity contribution is 9.10. The van der Waals surface area contributed by atoms with Crippen LogP contribution in [-0.2, 0) is 6.42 Å². The lowest BCUT2D eigenvalue weighted by Gasteiger charge is -2.05. The van der Waals surface area contributed by atoms with Gasteiger partial charge in [0.2, 0.25) is 0 Å². The SMILES string of the molecule is O=C(NCCc1nn[nH]n1)c1ccccc1Br. The van der Waals surface area contributed by atoms with E-state index in [1.165, 1.54) is 0 Å². The van der Waals surface area contributed by atoms with Gasteiger partial charge < -0.3 is 5.32 Å². The zero-order valence-corrected chi connectivity index (χ0v) is 10.4. The highest BCUT2D eigenvalue weighted by Gasteiger charge is 2.08. The molecule has 1 aromatic heterocycles. The van der Waals surface area contributed by atoms with Gasteiger partial charge in [-0.05, 0) is 28.1 Å². The summed E-state index contributed by atoms with van der Waals surface area (Å²) in [5.74, 6) is 0.457. The number of tetrazole rings is 1. The summed E-state index contributed by atoms with van der Waals surface area (Å²) in [6.45, 7) is 0.472. The van der Waals surface area contributed by atoms with Crippen molar-refractivity contribution in [2.75, 3.05) is 6.54 Å². The molecule has 0 saturated carbocycles. The van der Waals surface area contributed by atoms with E-state index in [1.807, 2.05) is 18.2 Å². The van der Waals surface area contributed by atoms with Crippen molar-refractivity contribution in [3.8, 4) is 0 Å². The molecule has 0 atom stereocenters. The second-order valence-electron chi connectivity index (χ2n) is 3.31. The Morgan fingerprint density at radius 3 is 2.94 bits per heavy atom. The van der Waals surface area contributed by atoms with Crippen molar-refractivity contribution in [1.82, 2.24) is 25.9 Å². The van der Waals surface area contributed by atoms with E-state index in [4.69, 9.17) is 0 Å². The van der Waals surface area contributed by atoms with Gasteiger partial charge in [0.25, 0.3) is 5.91 Å². The molecule has 0 fully saturated rings. The Morgan fingerprint density at radius 2 is 2.24 bits per heavy atom. The molecule has 2 N–H and O–H groups in total. The number of hydrogen-bond acceptors (Lipinski definition) is 4. The molecule has 0 saturated heterocycles. The monoisotopic (exact) mass is 295 g/mol. The zero-order valence-electron chi connectivity index (χ0n) is 8.85. The predicted octanol–water partition coefficient (Wildman–Crippen LogP) is 0.935. The van der Waals surface area contributed by atoms with E-state index in [0.29, 0.717) is 24.4 Å². The summed E-state index contributed by atoms with van der Waals surface area (Å²) < 4.78 is 0.775. The summed E-state index contributed by atoms with van der Waals surface area (Å²) in [5, 5.41) is 16.2. The van der Waals surface area contributed by atoms with Gasteiger partial charge in [0.15, 0.2) is 5.82 Å². The number of aromatic amines is 1. The fourth-order valence-corrected chi connectivity index (χ4v) is 1.78. The molecule has 0 aliphatic heterocycles. The number of nitrogens with zero attached hydrogens (tertiary/aromatic N) is 3. The van der Waals surface area contributed by atoms with Crippen molar-refractivity contribution in [3.63, 3.8) is 0 Å². The number of H-pyrrole nitrogens is 1. The van der Waals surface area contributed by atoms with Crippen LogP contribution >= 0.6 is 15.9 Å². The molecule has 0 aliphatic rings. The van der Waals surface area contributed by atoms with Crippen LogP contribution in [0.2, 0.25) is 0 Å². The summed E-state index contributed by atoms with van der Waals surface area (Å²) in [4.78, 5) is 11.8. The minimum Gasteiger partial charge on any atom is -0.352 e. The molecule has 0 bridgehead atoms. The number of carbonyl (C=O) groups excluding carboxylic acids is 1. The van der Waals surface area contributed by atoms with Crippen molar-refractivity contribution in [2.24, 2.45) is 0 Å². The van der Waals surface area contributed by atoms with Crippen molar-refractivity contribution < 1.29 is 4.79 Å². The largest absolute Gasteiger partial charge is 0.352 e. The molecular weight excluding hydrogens is 286 g/mol. The van der Waals surface area contributed by atoms with Gasteiger partial charge in [-0.15, -0.1) is 10.2 Å². The number of rotatable bonds is 4. The maximum atomic E-state index is 11.8. The fraction of sp³-hybridized carbons (Fsp3) is 0.200. The van der Waals surface area contributed by atoms with E-state index in [0.717, 1.165) is 4.47 Å². The number of hydrogen-bond donors (Lipinski definition) is 2. The van der Waals surface area contributed by atoms with Gasteiger partial charge in [0, 0.05) is 17.4 Å². The lowest BCUT2D eigenvalue weighted by Crippen LogP contribution is -2.26. The number of aromatic nitrogens is 4. The summed E-state index contributed by atoms with van der Waals surface area (Å²) >= 11 is 3.33. The van der Waals surface area contributed by atoms with Gasteiger partial charge in [-0.25, -0.2) is 0 Å². The number of amides is 1. The van der Waals surface area contributed by atoms with Gasteiger partial charge in [0.1, 0.15) is 0 Å². The number of carbonyl (C=O) groups is 1. The maximum absolute atomic E-state index is 11.8. The molecule has 1 heterocycles. The van der Waals surface area contributed by atoms with E-state index in [-0.39, 0.29) is 5.91 Å². The van der Waals surface area contributed by atoms with Gasteiger partial charge in [-0.2, -0.15) is 5.21 Å². The summed E-state index contributed by atoms with van der Waals surface area (Å²) in [6, 6.07) is 7.26.